The second kappa shape index (κ2) is 10.0. The van der Waals surface area contributed by atoms with Gasteiger partial charge in [-0.15, -0.1) is 11.3 Å². The summed E-state index contributed by atoms with van der Waals surface area (Å²) in [5.74, 6) is 1.47. The lowest BCUT2D eigenvalue weighted by atomic mass is 10.1. The quantitative estimate of drug-likeness (QED) is 0.583. The molecule has 0 aromatic carbocycles. The SMILES string of the molecule is CN=C(NCC(C)Cc1cccs1)NCC(C)N1CCOCC1C. The highest BCUT2D eigenvalue weighted by atomic mass is 32.1. The minimum absolute atomic E-state index is 0.464. The van der Waals surface area contributed by atoms with Gasteiger partial charge >= 0.3 is 0 Å². The van der Waals surface area contributed by atoms with Crippen molar-refractivity contribution in [2.75, 3.05) is 39.9 Å². The van der Waals surface area contributed by atoms with Crippen LogP contribution in [0.1, 0.15) is 25.6 Å². The zero-order valence-corrected chi connectivity index (χ0v) is 16.2. The first-order valence-corrected chi connectivity index (χ1v) is 9.78. The Kier molecular flexibility index (Phi) is 8.02. The Morgan fingerprint density at radius 3 is 2.88 bits per heavy atom. The Balaban J connectivity index is 1.69. The summed E-state index contributed by atoms with van der Waals surface area (Å²) < 4.78 is 5.52. The molecular formula is C18H32N4OS. The Morgan fingerprint density at radius 1 is 1.42 bits per heavy atom. The Labute approximate surface area is 150 Å². The van der Waals surface area contributed by atoms with Crippen molar-refractivity contribution in [2.24, 2.45) is 10.9 Å². The molecule has 1 aliphatic heterocycles. The standard InChI is InChI=1S/C18H32N4OS/c1-14(10-17-6-5-9-24-17)11-20-18(19-4)21-12-15(2)22-7-8-23-13-16(22)3/h5-6,9,14-16H,7-8,10-13H2,1-4H3,(H2,19,20,21). The molecule has 1 aromatic heterocycles. The van der Waals surface area contributed by atoms with Crippen molar-refractivity contribution in [3.05, 3.63) is 22.4 Å². The van der Waals surface area contributed by atoms with E-state index in [2.05, 4.69) is 58.8 Å². The molecule has 3 unspecified atom stereocenters. The van der Waals surface area contributed by atoms with Crippen LogP contribution in [0.4, 0.5) is 0 Å². The fraction of sp³-hybridized carbons (Fsp3) is 0.722. The van der Waals surface area contributed by atoms with Gasteiger partial charge in [0.15, 0.2) is 5.96 Å². The van der Waals surface area contributed by atoms with Crippen LogP contribution in [-0.2, 0) is 11.2 Å². The largest absolute Gasteiger partial charge is 0.379 e. The number of guanidine groups is 1. The molecule has 1 aromatic rings. The maximum atomic E-state index is 5.52. The first kappa shape index (κ1) is 19.2. The molecule has 136 valence electrons. The molecule has 2 rings (SSSR count). The highest BCUT2D eigenvalue weighted by Gasteiger charge is 2.23. The highest BCUT2D eigenvalue weighted by Crippen LogP contribution is 2.14. The Morgan fingerprint density at radius 2 is 2.21 bits per heavy atom. The van der Waals surface area contributed by atoms with E-state index in [0.29, 0.717) is 18.0 Å². The average Bonchev–Trinajstić information content (AvgIpc) is 3.08. The van der Waals surface area contributed by atoms with Crippen LogP contribution in [-0.4, -0.2) is 62.8 Å². The number of nitrogens with one attached hydrogen (secondary N) is 2. The summed E-state index contributed by atoms with van der Waals surface area (Å²) in [5, 5.41) is 9.05. The van der Waals surface area contributed by atoms with Gasteiger partial charge in [0.1, 0.15) is 0 Å². The summed E-state index contributed by atoms with van der Waals surface area (Å²) in [6.07, 6.45) is 1.11. The number of ether oxygens (including phenoxy) is 1. The van der Waals surface area contributed by atoms with Crippen LogP contribution in [0.5, 0.6) is 0 Å². The van der Waals surface area contributed by atoms with Crippen molar-refractivity contribution in [3.8, 4) is 0 Å². The lowest BCUT2D eigenvalue weighted by Crippen LogP contribution is -2.53. The smallest absolute Gasteiger partial charge is 0.191 e. The van der Waals surface area contributed by atoms with E-state index in [1.54, 1.807) is 0 Å². The van der Waals surface area contributed by atoms with Gasteiger partial charge in [-0.3, -0.25) is 9.89 Å². The third kappa shape index (κ3) is 6.07. The molecule has 0 bridgehead atoms. The fourth-order valence-corrected chi connectivity index (χ4v) is 3.96. The first-order valence-electron chi connectivity index (χ1n) is 8.90. The number of hydrogen-bond donors (Lipinski definition) is 2. The predicted octanol–water partition coefficient (Wildman–Crippen LogP) is 2.20. The van der Waals surface area contributed by atoms with Crippen LogP contribution in [0.2, 0.25) is 0 Å². The molecule has 0 radical (unpaired) electrons. The lowest BCUT2D eigenvalue weighted by molar-refractivity contribution is -0.0174. The molecule has 3 atom stereocenters. The van der Waals surface area contributed by atoms with E-state index >= 15 is 0 Å². The number of morpholine rings is 1. The van der Waals surface area contributed by atoms with Gasteiger partial charge in [0.25, 0.3) is 0 Å². The van der Waals surface area contributed by atoms with Crippen molar-refractivity contribution < 1.29 is 4.74 Å². The second-order valence-electron chi connectivity index (χ2n) is 6.73. The van der Waals surface area contributed by atoms with Gasteiger partial charge in [0, 0.05) is 43.6 Å². The normalized spacial score (nSPS) is 22.2. The van der Waals surface area contributed by atoms with Gasteiger partial charge in [0.2, 0.25) is 0 Å². The molecule has 1 fully saturated rings. The van der Waals surface area contributed by atoms with Crippen LogP contribution >= 0.6 is 11.3 Å². The van der Waals surface area contributed by atoms with E-state index in [4.69, 9.17) is 4.74 Å². The van der Waals surface area contributed by atoms with E-state index in [1.165, 1.54) is 4.88 Å². The van der Waals surface area contributed by atoms with Crippen molar-refractivity contribution in [2.45, 2.75) is 39.3 Å². The number of nitrogens with zero attached hydrogens (tertiary/aromatic N) is 2. The van der Waals surface area contributed by atoms with Gasteiger partial charge < -0.3 is 15.4 Å². The van der Waals surface area contributed by atoms with Gasteiger partial charge in [-0.2, -0.15) is 0 Å². The minimum atomic E-state index is 0.464. The molecule has 24 heavy (non-hydrogen) atoms. The number of aliphatic imine (C=N–C) groups is 1. The van der Waals surface area contributed by atoms with Crippen molar-refractivity contribution in [1.29, 1.82) is 0 Å². The van der Waals surface area contributed by atoms with Crippen LogP contribution in [0.15, 0.2) is 22.5 Å². The molecule has 0 aliphatic carbocycles. The minimum Gasteiger partial charge on any atom is -0.379 e. The van der Waals surface area contributed by atoms with E-state index in [9.17, 15) is 0 Å². The highest BCUT2D eigenvalue weighted by molar-refractivity contribution is 7.09. The van der Waals surface area contributed by atoms with Gasteiger partial charge in [-0.1, -0.05) is 13.0 Å². The van der Waals surface area contributed by atoms with Crippen molar-refractivity contribution in [3.63, 3.8) is 0 Å². The van der Waals surface area contributed by atoms with Crippen LogP contribution in [0.25, 0.3) is 0 Å². The van der Waals surface area contributed by atoms with Crippen molar-refractivity contribution >= 4 is 17.3 Å². The zero-order chi connectivity index (χ0) is 17.4. The summed E-state index contributed by atoms with van der Waals surface area (Å²) in [4.78, 5) is 8.30. The lowest BCUT2D eigenvalue weighted by Gasteiger charge is -2.38. The van der Waals surface area contributed by atoms with E-state index < -0.39 is 0 Å². The van der Waals surface area contributed by atoms with Gasteiger partial charge in [-0.05, 0) is 37.6 Å². The molecule has 1 saturated heterocycles. The Hall–Kier alpha value is -1.11. The van der Waals surface area contributed by atoms with E-state index in [1.807, 2.05) is 18.4 Å². The summed E-state index contributed by atoms with van der Waals surface area (Å²) in [6, 6.07) is 5.27. The predicted molar refractivity (Wildman–Crippen MR) is 103 cm³/mol. The molecular weight excluding hydrogens is 320 g/mol. The monoisotopic (exact) mass is 352 g/mol. The third-order valence-electron chi connectivity index (χ3n) is 4.52. The van der Waals surface area contributed by atoms with Gasteiger partial charge in [-0.25, -0.2) is 0 Å². The molecule has 5 nitrogen and oxygen atoms in total. The average molecular weight is 353 g/mol. The molecule has 0 saturated carbocycles. The Bertz CT molecular complexity index is 491. The molecule has 6 heteroatoms. The molecule has 2 heterocycles. The van der Waals surface area contributed by atoms with E-state index in [0.717, 1.165) is 45.2 Å². The maximum absolute atomic E-state index is 5.52. The number of hydrogen-bond acceptors (Lipinski definition) is 4. The van der Waals surface area contributed by atoms with Crippen LogP contribution in [0, 0.1) is 5.92 Å². The molecule has 1 aliphatic rings. The van der Waals surface area contributed by atoms with Crippen LogP contribution < -0.4 is 10.6 Å². The van der Waals surface area contributed by atoms with Crippen molar-refractivity contribution in [1.82, 2.24) is 15.5 Å². The summed E-state index contributed by atoms with van der Waals surface area (Å²) in [7, 11) is 1.83. The van der Waals surface area contributed by atoms with E-state index in [-0.39, 0.29) is 0 Å². The maximum Gasteiger partial charge on any atom is 0.191 e. The topological polar surface area (TPSA) is 48.9 Å². The molecule has 0 spiro atoms. The van der Waals surface area contributed by atoms with Crippen LogP contribution in [0.3, 0.4) is 0 Å². The third-order valence-corrected chi connectivity index (χ3v) is 5.42. The summed E-state index contributed by atoms with van der Waals surface area (Å²) >= 11 is 1.83. The molecule has 2 N–H and O–H groups in total. The fourth-order valence-electron chi connectivity index (χ4n) is 3.09. The number of thiophene rings is 1. The number of rotatable bonds is 7. The second-order valence-corrected chi connectivity index (χ2v) is 7.77. The summed E-state index contributed by atoms with van der Waals surface area (Å²) in [5.41, 5.74) is 0. The first-order chi connectivity index (χ1) is 11.6. The zero-order valence-electron chi connectivity index (χ0n) is 15.4. The summed E-state index contributed by atoms with van der Waals surface area (Å²) in [6.45, 7) is 11.3. The van der Waals surface area contributed by atoms with Gasteiger partial charge in [0.05, 0.1) is 13.2 Å². The molecule has 0 amide bonds.